The molecule has 1 unspecified atom stereocenters. The van der Waals surface area contributed by atoms with Crippen LogP contribution in [0.15, 0.2) is 12.4 Å². The molecule has 1 amide bonds. The molecule has 0 aromatic heterocycles. The van der Waals surface area contributed by atoms with Gasteiger partial charge in [0.25, 0.3) is 0 Å². The maximum Gasteiger partial charge on any atom is 0.300 e. The second-order valence-electron chi connectivity index (χ2n) is 1.62. The summed E-state index contributed by atoms with van der Waals surface area (Å²) in [7, 11) is 1.70. The molecular formula is C4H6N2O. The van der Waals surface area contributed by atoms with E-state index in [1.165, 1.54) is 0 Å². The highest BCUT2D eigenvalue weighted by Crippen LogP contribution is 2.18. The molecule has 0 bridgehead atoms. The molecule has 1 rings (SSSR count). The van der Waals surface area contributed by atoms with Crippen molar-refractivity contribution in [1.82, 2.24) is 0 Å². The molecule has 1 aliphatic heterocycles. The first-order valence-corrected chi connectivity index (χ1v) is 1.99. The zero-order chi connectivity index (χ0) is 5.33. The fraction of sp³-hybridized carbons (Fsp3) is 0.250. The van der Waals surface area contributed by atoms with E-state index in [0.29, 0.717) is 0 Å². The van der Waals surface area contributed by atoms with Gasteiger partial charge >= 0.3 is 6.41 Å². The first-order chi connectivity index (χ1) is 3.27. The van der Waals surface area contributed by atoms with Gasteiger partial charge in [-0.2, -0.15) is 0 Å². The third kappa shape index (κ3) is 0.502. The Labute approximate surface area is 41.8 Å². The lowest BCUT2D eigenvalue weighted by Gasteiger charge is -2.41. The number of carbonyl (C=O) groups excluding carboxylic acids is 1. The van der Waals surface area contributed by atoms with Crippen LogP contribution in [-0.2, 0) is 4.79 Å². The van der Waals surface area contributed by atoms with Gasteiger partial charge in [0.1, 0.15) is 0 Å². The van der Waals surface area contributed by atoms with Crippen LogP contribution in [0.2, 0.25) is 0 Å². The summed E-state index contributed by atoms with van der Waals surface area (Å²) in [5, 5.41) is 0. The van der Waals surface area contributed by atoms with Crippen LogP contribution in [0.5, 0.6) is 0 Å². The Kier molecular flexibility index (Phi) is 0.662. The number of hydrogen-bond donors (Lipinski definition) is 0. The van der Waals surface area contributed by atoms with Crippen LogP contribution >= 0.6 is 0 Å². The average molecular weight is 98.1 g/mol. The summed E-state index contributed by atoms with van der Waals surface area (Å²) in [6, 6.07) is 0. The molecule has 0 saturated heterocycles. The highest BCUT2D eigenvalue weighted by Gasteiger charge is 2.09. The van der Waals surface area contributed by atoms with Crippen molar-refractivity contribution in [3.63, 3.8) is 0 Å². The van der Waals surface area contributed by atoms with Crippen molar-refractivity contribution in [1.29, 1.82) is 0 Å². The summed E-state index contributed by atoms with van der Waals surface area (Å²) < 4.78 is 0.0833. The summed E-state index contributed by atoms with van der Waals surface area (Å²) in [6.07, 6.45) is 4.07. The van der Waals surface area contributed by atoms with E-state index in [0.717, 1.165) is 6.41 Å². The topological polar surface area (TPSA) is 31.2 Å². The molecular weight excluding hydrogens is 92.1 g/mol. The van der Waals surface area contributed by atoms with Gasteiger partial charge in [-0.25, -0.2) is 4.79 Å². The Morgan fingerprint density at radius 3 is 2.43 bits per heavy atom. The van der Waals surface area contributed by atoms with Crippen LogP contribution in [0.3, 0.4) is 0 Å². The van der Waals surface area contributed by atoms with Crippen molar-refractivity contribution in [2.24, 2.45) is 0 Å². The van der Waals surface area contributed by atoms with Gasteiger partial charge in [0.2, 0.25) is 0 Å². The molecule has 1 atom stereocenters. The van der Waals surface area contributed by atoms with Gasteiger partial charge in [-0.15, -0.1) is 0 Å². The van der Waals surface area contributed by atoms with Crippen LogP contribution in [0.1, 0.15) is 0 Å². The molecule has 0 N–H and O–H groups in total. The van der Waals surface area contributed by atoms with Gasteiger partial charge in [-0.05, 0) is 0 Å². The van der Waals surface area contributed by atoms with Crippen LogP contribution in [-0.4, -0.2) is 18.0 Å². The molecule has 3 nitrogen and oxygen atoms in total. The smallest absolute Gasteiger partial charge is 0.300 e. The zero-order valence-corrected chi connectivity index (χ0v) is 4.03. The number of amides is 1. The molecule has 0 spiro atoms. The summed E-state index contributed by atoms with van der Waals surface area (Å²) in [6.45, 7) is 0. The van der Waals surface area contributed by atoms with Crippen LogP contribution in [0, 0.1) is 0 Å². The maximum absolute atomic E-state index is 9.94. The zero-order valence-electron chi connectivity index (χ0n) is 4.03. The quantitative estimate of drug-likeness (QED) is 0.344. The van der Waals surface area contributed by atoms with Crippen LogP contribution in [0.4, 0.5) is 0 Å². The molecule has 7 heavy (non-hydrogen) atoms. The summed E-state index contributed by atoms with van der Waals surface area (Å²) in [4.78, 5) is 9.94. The predicted molar refractivity (Wildman–Crippen MR) is 24.7 cm³/mol. The minimum Gasteiger partial charge on any atom is -0.477 e. The number of carbonyl (C=O) groups is 1. The van der Waals surface area contributed by atoms with E-state index in [-0.39, 0.29) is 4.59 Å². The second kappa shape index (κ2) is 1.07. The molecule has 0 aromatic carbocycles. The van der Waals surface area contributed by atoms with Gasteiger partial charge in [0, 0.05) is 0 Å². The molecule has 1 heterocycles. The van der Waals surface area contributed by atoms with E-state index < -0.39 is 0 Å². The predicted octanol–water partition coefficient (Wildman–Crippen LogP) is 0.363. The normalized spacial score (nSPS) is 36.1. The SMILES string of the molecule is C[N+]1(C=O)C=C[N-]1. The fourth-order valence-corrected chi connectivity index (χ4v) is 0.339. The average Bonchev–Trinajstić information content (AvgIpc) is 1.61. The summed E-state index contributed by atoms with van der Waals surface area (Å²) >= 11 is 0. The number of quaternary nitrogens is 1. The molecule has 0 saturated carbocycles. The van der Waals surface area contributed by atoms with Crippen LogP contribution < -0.4 is 0 Å². The highest BCUT2D eigenvalue weighted by atomic mass is 16.2. The number of hydrogen-bond acceptors (Lipinski definition) is 1. The Balaban J connectivity index is 2.64. The standard InChI is InChI=1S/C4H6N2O/c1-6(4-7)3-2-5-6/h2-4H,1H3. The lowest BCUT2D eigenvalue weighted by atomic mass is 10.6. The van der Waals surface area contributed by atoms with Gasteiger partial charge in [-0.1, -0.05) is 6.20 Å². The monoisotopic (exact) mass is 98.0 g/mol. The van der Waals surface area contributed by atoms with E-state index in [1.807, 2.05) is 0 Å². The lowest BCUT2D eigenvalue weighted by molar-refractivity contribution is -0.743. The lowest BCUT2D eigenvalue weighted by Crippen LogP contribution is -2.35. The Hall–Kier alpha value is -0.830. The molecule has 0 aromatic rings. The molecule has 0 radical (unpaired) electrons. The van der Waals surface area contributed by atoms with Crippen molar-refractivity contribution >= 4 is 6.41 Å². The molecule has 3 heteroatoms. The third-order valence-corrected chi connectivity index (χ3v) is 0.897. The van der Waals surface area contributed by atoms with Gasteiger partial charge in [0.15, 0.2) is 0 Å². The van der Waals surface area contributed by atoms with Gasteiger partial charge < -0.3 is 5.43 Å². The minimum absolute atomic E-state index is 0.0833. The Morgan fingerprint density at radius 1 is 1.86 bits per heavy atom. The van der Waals surface area contributed by atoms with Crippen LogP contribution in [0.25, 0.3) is 5.43 Å². The van der Waals surface area contributed by atoms with Crippen molar-refractivity contribution in [2.45, 2.75) is 0 Å². The maximum atomic E-state index is 9.94. The number of nitrogens with zero attached hydrogens (tertiary/aromatic N) is 2. The van der Waals surface area contributed by atoms with Gasteiger partial charge in [-0.3, -0.25) is 4.59 Å². The first-order valence-electron chi connectivity index (χ1n) is 1.99. The third-order valence-electron chi connectivity index (χ3n) is 0.897. The molecule has 0 fully saturated rings. The summed E-state index contributed by atoms with van der Waals surface area (Å²) in [5.41, 5.74) is 3.71. The van der Waals surface area contributed by atoms with Crippen molar-refractivity contribution in [3.05, 3.63) is 17.8 Å². The Morgan fingerprint density at radius 2 is 2.43 bits per heavy atom. The van der Waals surface area contributed by atoms with E-state index in [4.69, 9.17) is 0 Å². The van der Waals surface area contributed by atoms with E-state index in [9.17, 15) is 4.79 Å². The number of rotatable bonds is 1. The first kappa shape index (κ1) is 4.33. The minimum atomic E-state index is 0.0833. The van der Waals surface area contributed by atoms with Crippen molar-refractivity contribution in [2.75, 3.05) is 7.05 Å². The van der Waals surface area contributed by atoms with E-state index in [1.54, 1.807) is 19.4 Å². The largest absolute Gasteiger partial charge is 0.477 e. The highest BCUT2D eigenvalue weighted by molar-refractivity contribution is 5.42. The molecule has 38 valence electrons. The van der Waals surface area contributed by atoms with Crippen molar-refractivity contribution < 1.29 is 9.39 Å². The fourth-order valence-electron chi connectivity index (χ4n) is 0.339. The molecule has 0 aliphatic carbocycles. The second-order valence-corrected chi connectivity index (χ2v) is 1.62. The molecule has 1 aliphatic rings. The van der Waals surface area contributed by atoms with Gasteiger partial charge in [0.05, 0.1) is 13.2 Å². The van der Waals surface area contributed by atoms with E-state index >= 15 is 0 Å². The van der Waals surface area contributed by atoms with Crippen molar-refractivity contribution in [3.8, 4) is 0 Å². The van der Waals surface area contributed by atoms with E-state index in [2.05, 4.69) is 5.43 Å². The Bertz CT molecular complexity index is 121. The summed E-state index contributed by atoms with van der Waals surface area (Å²) in [5.74, 6) is 0.